The summed E-state index contributed by atoms with van der Waals surface area (Å²) in [6.07, 6.45) is 4.58. The highest BCUT2D eigenvalue weighted by Crippen LogP contribution is 2.24. The lowest BCUT2D eigenvalue weighted by Crippen LogP contribution is -2.31. The second-order valence-corrected chi connectivity index (χ2v) is 6.71. The largest absolute Gasteiger partial charge is 0.497 e. The van der Waals surface area contributed by atoms with E-state index < -0.39 is 0 Å². The van der Waals surface area contributed by atoms with E-state index in [9.17, 15) is 4.79 Å². The van der Waals surface area contributed by atoms with Crippen LogP contribution in [0.25, 0.3) is 0 Å². The fourth-order valence-electron chi connectivity index (χ4n) is 3.24. The zero-order valence-electron chi connectivity index (χ0n) is 17.1. The summed E-state index contributed by atoms with van der Waals surface area (Å²) in [6.45, 7) is 2.55. The molecule has 0 saturated heterocycles. The molecule has 2 aromatic carbocycles. The van der Waals surface area contributed by atoms with Crippen molar-refractivity contribution in [3.63, 3.8) is 0 Å². The Morgan fingerprint density at radius 1 is 1.17 bits per heavy atom. The van der Waals surface area contributed by atoms with Crippen molar-refractivity contribution < 1.29 is 14.3 Å². The molecule has 152 valence electrons. The molecular weight excluding hydrogens is 366 g/mol. The van der Waals surface area contributed by atoms with Gasteiger partial charge in [0.25, 0.3) is 0 Å². The second-order valence-electron chi connectivity index (χ2n) is 6.71. The van der Waals surface area contributed by atoms with Gasteiger partial charge < -0.3 is 19.4 Å². The Bertz CT molecular complexity index is 935. The first kappa shape index (κ1) is 20.5. The van der Waals surface area contributed by atoms with E-state index in [0.717, 1.165) is 28.5 Å². The lowest BCUT2D eigenvalue weighted by atomic mass is 10.0. The van der Waals surface area contributed by atoms with Gasteiger partial charge in [0.15, 0.2) is 0 Å². The molecule has 0 bridgehead atoms. The highest BCUT2D eigenvalue weighted by atomic mass is 16.5. The lowest BCUT2D eigenvalue weighted by molar-refractivity contribution is -0.121. The number of methoxy groups -OCH3 is 1. The quantitative estimate of drug-likeness (QED) is 0.602. The summed E-state index contributed by atoms with van der Waals surface area (Å²) >= 11 is 0. The van der Waals surface area contributed by atoms with Gasteiger partial charge in [-0.1, -0.05) is 30.3 Å². The molecule has 1 atom stereocenters. The van der Waals surface area contributed by atoms with Crippen molar-refractivity contribution in [2.45, 2.75) is 25.8 Å². The molecule has 1 heterocycles. The number of amides is 1. The van der Waals surface area contributed by atoms with E-state index in [-0.39, 0.29) is 11.9 Å². The van der Waals surface area contributed by atoms with Gasteiger partial charge in [-0.15, -0.1) is 0 Å². The highest BCUT2D eigenvalue weighted by molar-refractivity contribution is 5.77. The molecule has 0 radical (unpaired) electrons. The van der Waals surface area contributed by atoms with Crippen molar-refractivity contribution in [2.24, 2.45) is 7.05 Å². The van der Waals surface area contributed by atoms with Crippen molar-refractivity contribution in [1.82, 2.24) is 14.9 Å². The van der Waals surface area contributed by atoms with Crippen LogP contribution in [0.5, 0.6) is 11.5 Å². The number of benzene rings is 2. The number of nitrogens with one attached hydrogen (secondary N) is 1. The van der Waals surface area contributed by atoms with Crippen molar-refractivity contribution >= 4 is 5.91 Å². The van der Waals surface area contributed by atoms with E-state index >= 15 is 0 Å². The van der Waals surface area contributed by atoms with E-state index in [1.54, 1.807) is 13.3 Å². The Morgan fingerprint density at radius 3 is 2.59 bits per heavy atom. The van der Waals surface area contributed by atoms with Crippen molar-refractivity contribution in [3.05, 3.63) is 77.9 Å². The van der Waals surface area contributed by atoms with Crippen LogP contribution in [0.4, 0.5) is 0 Å². The molecule has 0 aliphatic rings. The number of carbonyl (C=O) groups excluding carboxylic acids is 1. The summed E-state index contributed by atoms with van der Waals surface area (Å²) in [5.41, 5.74) is 1.98. The monoisotopic (exact) mass is 393 g/mol. The smallest absolute Gasteiger partial charge is 0.221 e. The minimum Gasteiger partial charge on any atom is -0.497 e. The summed E-state index contributed by atoms with van der Waals surface area (Å²) in [5.74, 6) is 2.34. The molecule has 1 aromatic heterocycles. The zero-order chi connectivity index (χ0) is 20.6. The van der Waals surface area contributed by atoms with Crippen LogP contribution in [0, 0.1) is 0 Å². The maximum atomic E-state index is 12.8. The number of aryl methyl sites for hydroxylation is 2. The number of hydrogen-bond donors (Lipinski definition) is 1. The summed E-state index contributed by atoms with van der Waals surface area (Å²) in [5, 5.41) is 3.13. The van der Waals surface area contributed by atoms with Gasteiger partial charge in [0.05, 0.1) is 13.7 Å². The second kappa shape index (κ2) is 9.78. The summed E-state index contributed by atoms with van der Waals surface area (Å²) in [4.78, 5) is 17.2. The van der Waals surface area contributed by atoms with Crippen LogP contribution in [0.2, 0.25) is 0 Å². The molecule has 0 spiro atoms. The number of hydrogen-bond acceptors (Lipinski definition) is 4. The van der Waals surface area contributed by atoms with E-state index in [1.807, 2.05) is 73.3 Å². The third kappa shape index (κ3) is 5.16. The Kier molecular flexibility index (Phi) is 6.89. The summed E-state index contributed by atoms with van der Waals surface area (Å²) in [7, 11) is 3.55. The van der Waals surface area contributed by atoms with E-state index in [4.69, 9.17) is 9.47 Å². The topological polar surface area (TPSA) is 65.4 Å². The van der Waals surface area contributed by atoms with Crippen LogP contribution in [-0.4, -0.2) is 29.2 Å². The van der Waals surface area contributed by atoms with E-state index in [2.05, 4.69) is 10.3 Å². The minimum absolute atomic E-state index is 0.0416. The minimum atomic E-state index is -0.337. The maximum Gasteiger partial charge on any atom is 0.221 e. The molecule has 3 rings (SSSR count). The van der Waals surface area contributed by atoms with Crippen LogP contribution < -0.4 is 14.8 Å². The van der Waals surface area contributed by atoms with Gasteiger partial charge in [0.2, 0.25) is 5.91 Å². The van der Waals surface area contributed by atoms with Gasteiger partial charge >= 0.3 is 0 Å². The number of nitrogens with zero attached hydrogens (tertiary/aromatic N) is 2. The summed E-state index contributed by atoms with van der Waals surface area (Å²) in [6, 6.07) is 15.2. The average molecular weight is 393 g/mol. The lowest BCUT2D eigenvalue weighted by Gasteiger charge is -2.20. The van der Waals surface area contributed by atoms with Crippen molar-refractivity contribution in [1.29, 1.82) is 0 Å². The Hall–Kier alpha value is -3.28. The van der Waals surface area contributed by atoms with Gasteiger partial charge in [-0.05, 0) is 42.7 Å². The molecular formula is C23H27N3O3. The molecule has 29 heavy (non-hydrogen) atoms. The molecule has 1 unspecified atom stereocenters. The first-order valence-corrected chi connectivity index (χ1v) is 9.73. The van der Waals surface area contributed by atoms with Crippen LogP contribution in [0.3, 0.4) is 0 Å². The van der Waals surface area contributed by atoms with Gasteiger partial charge in [-0.3, -0.25) is 4.79 Å². The fourth-order valence-corrected chi connectivity index (χ4v) is 3.24. The normalized spacial score (nSPS) is 11.7. The standard InChI is InChI=1S/C23H27N3O3/c1-4-29-20-8-6-5-7-17(20)11-14-21(27)25-22(23-24-15-16-26(23)2)18-9-12-19(28-3)13-10-18/h5-10,12-13,15-16,22H,4,11,14H2,1-3H3,(H,25,27). The Morgan fingerprint density at radius 2 is 1.93 bits per heavy atom. The van der Waals surface area contributed by atoms with Gasteiger partial charge in [-0.25, -0.2) is 4.98 Å². The first-order chi connectivity index (χ1) is 14.1. The third-order valence-electron chi connectivity index (χ3n) is 4.76. The first-order valence-electron chi connectivity index (χ1n) is 9.73. The highest BCUT2D eigenvalue weighted by Gasteiger charge is 2.21. The molecule has 3 aromatic rings. The molecule has 6 nitrogen and oxygen atoms in total. The number of ether oxygens (including phenoxy) is 2. The van der Waals surface area contributed by atoms with Gasteiger partial charge in [0, 0.05) is 25.9 Å². The predicted molar refractivity (Wildman–Crippen MR) is 112 cm³/mol. The van der Waals surface area contributed by atoms with Crippen molar-refractivity contribution in [2.75, 3.05) is 13.7 Å². The molecule has 0 aliphatic carbocycles. The van der Waals surface area contributed by atoms with Crippen LogP contribution in [0.1, 0.15) is 36.3 Å². The molecule has 0 aliphatic heterocycles. The van der Waals surface area contributed by atoms with E-state index in [0.29, 0.717) is 19.4 Å². The van der Waals surface area contributed by atoms with Crippen molar-refractivity contribution in [3.8, 4) is 11.5 Å². The van der Waals surface area contributed by atoms with E-state index in [1.165, 1.54) is 0 Å². The maximum absolute atomic E-state index is 12.8. The molecule has 0 saturated carbocycles. The number of imidazole rings is 1. The summed E-state index contributed by atoms with van der Waals surface area (Å²) < 4.78 is 12.8. The molecule has 0 fully saturated rings. The third-order valence-corrected chi connectivity index (χ3v) is 4.76. The average Bonchev–Trinajstić information content (AvgIpc) is 3.17. The van der Waals surface area contributed by atoms with Crippen LogP contribution in [0.15, 0.2) is 60.9 Å². The fraction of sp³-hybridized carbons (Fsp3) is 0.304. The Labute approximate surface area is 171 Å². The predicted octanol–water partition coefficient (Wildman–Crippen LogP) is 3.67. The number of carbonyl (C=O) groups is 1. The van der Waals surface area contributed by atoms with Gasteiger partial charge in [-0.2, -0.15) is 0 Å². The zero-order valence-corrected chi connectivity index (χ0v) is 17.1. The molecule has 1 amide bonds. The number of rotatable bonds is 9. The molecule has 6 heteroatoms. The van der Waals surface area contributed by atoms with Crippen LogP contribution >= 0.6 is 0 Å². The number of para-hydroxylation sites is 1. The number of aromatic nitrogens is 2. The van der Waals surface area contributed by atoms with Crippen LogP contribution in [-0.2, 0) is 18.3 Å². The van der Waals surface area contributed by atoms with Gasteiger partial charge in [0.1, 0.15) is 23.4 Å². The SMILES string of the molecule is CCOc1ccccc1CCC(=O)NC(c1ccc(OC)cc1)c1nccn1C. The molecule has 1 N–H and O–H groups in total. The Balaban J connectivity index is 1.74.